The van der Waals surface area contributed by atoms with Crippen molar-refractivity contribution in [2.24, 2.45) is 0 Å². The minimum absolute atomic E-state index is 0.0250. The first kappa shape index (κ1) is 18.0. The molecule has 4 rings (SSSR count). The smallest absolute Gasteiger partial charge is 0.285 e. The average molecular weight is 405 g/mol. The predicted octanol–water partition coefficient (Wildman–Crippen LogP) is 2.28. The number of aromatic nitrogens is 5. The van der Waals surface area contributed by atoms with Crippen LogP contribution in [0.15, 0.2) is 57.5 Å². The molecule has 142 valence electrons. The Balaban J connectivity index is 1.83. The third kappa shape index (κ3) is 3.20. The molecule has 0 saturated heterocycles. The number of nitrogens with one attached hydrogen (secondary N) is 1. The fourth-order valence-electron chi connectivity index (χ4n) is 2.54. The summed E-state index contributed by atoms with van der Waals surface area (Å²) in [5, 5.41) is 8.20. The van der Waals surface area contributed by atoms with Crippen molar-refractivity contribution in [3.63, 3.8) is 0 Å². The maximum Gasteiger partial charge on any atom is 0.285 e. The summed E-state index contributed by atoms with van der Waals surface area (Å²) in [5.74, 6) is -2.49. The second kappa shape index (κ2) is 7.00. The molecule has 0 bridgehead atoms. The van der Waals surface area contributed by atoms with Gasteiger partial charge in [-0.2, -0.15) is 5.10 Å². The van der Waals surface area contributed by atoms with Gasteiger partial charge in [0.15, 0.2) is 16.5 Å². The lowest BCUT2D eigenvalue weighted by molar-refractivity contribution is 0.576. The molecule has 0 aliphatic carbocycles. The number of hydrogen-bond acceptors (Lipinski definition) is 5. The SMILES string of the molecule is O=c1[nH]cc(-n2c(SCc3ccc(F)cc3F)nn3nccc3c2=O)cc1F. The number of fused-ring (bicyclic) bond motifs is 1. The summed E-state index contributed by atoms with van der Waals surface area (Å²) in [5.41, 5.74) is -1.12. The van der Waals surface area contributed by atoms with E-state index in [-0.39, 0.29) is 27.7 Å². The van der Waals surface area contributed by atoms with E-state index in [4.69, 9.17) is 0 Å². The Morgan fingerprint density at radius 2 is 1.89 bits per heavy atom. The summed E-state index contributed by atoms with van der Waals surface area (Å²) >= 11 is 0.972. The maximum atomic E-state index is 13.9. The molecule has 0 fully saturated rings. The lowest BCUT2D eigenvalue weighted by Gasteiger charge is -2.12. The van der Waals surface area contributed by atoms with Gasteiger partial charge in [-0.3, -0.25) is 14.2 Å². The molecule has 0 aliphatic heterocycles. The van der Waals surface area contributed by atoms with Gasteiger partial charge >= 0.3 is 0 Å². The van der Waals surface area contributed by atoms with E-state index >= 15 is 0 Å². The molecule has 0 atom stereocenters. The highest BCUT2D eigenvalue weighted by atomic mass is 32.2. The van der Waals surface area contributed by atoms with Gasteiger partial charge < -0.3 is 4.98 Å². The highest BCUT2D eigenvalue weighted by molar-refractivity contribution is 7.98. The van der Waals surface area contributed by atoms with Crippen LogP contribution in [0.4, 0.5) is 13.2 Å². The van der Waals surface area contributed by atoms with Crippen LogP contribution in [-0.4, -0.2) is 24.4 Å². The van der Waals surface area contributed by atoms with E-state index in [1.54, 1.807) is 0 Å². The van der Waals surface area contributed by atoms with Crippen LogP contribution in [0.3, 0.4) is 0 Å². The molecule has 0 unspecified atom stereocenters. The van der Waals surface area contributed by atoms with Crippen molar-refractivity contribution in [2.75, 3.05) is 0 Å². The molecule has 11 heteroatoms. The molecule has 4 aromatic rings. The fourth-order valence-corrected chi connectivity index (χ4v) is 3.51. The van der Waals surface area contributed by atoms with E-state index in [2.05, 4.69) is 15.2 Å². The minimum atomic E-state index is -1.07. The van der Waals surface area contributed by atoms with Gasteiger partial charge in [0.2, 0.25) is 0 Å². The molecule has 0 saturated carbocycles. The molecule has 3 aromatic heterocycles. The zero-order valence-corrected chi connectivity index (χ0v) is 14.7. The number of H-pyrrole nitrogens is 1. The Morgan fingerprint density at radius 3 is 2.64 bits per heavy atom. The number of benzene rings is 1. The summed E-state index contributed by atoms with van der Waals surface area (Å²) in [6.07, 6.45) is 2.54. The largest absolute Gasteiger partial charge is 0.324 e. The summed E-state index contributed by atoms with van der Waals surface area (Å²) in [4.78, 5) is 26.3. The summed E-state index contributed by atoms with van der Waals surface area (Å²) < 4.78 is 42.9. The van der Waals surface area contributed by atoms with Crippen molar-refractivity contribution >= 4 is 17.3 Å². The molecular weight excluding hydrogens is 395 g/mol. The quantitative estimate of drug-likeness (QED) is 0.527. The van der Waals surface area contributed by atoms with Gasteiger partial charge in [-0.05, 0) is 17.7 Å². The Hall–Kier alpha value is -3.34. The van der Waals surface area contributed by atoms with E-state index in [9.17, 15) is 22.8 Å². The Bertz CT molecular complexity index is 1310. The lowest BCUT2D eigenvalue weighted by Crippen LogP contribution is -2.25. The predicted molar refractivity (Wildman–Crippen MR) is 95.1 cm³/mol. The van der Waals surface area contributed by atoms with Crippen LogP contribution in [-0.2, 0) is 5.75 Å². The fraction of sp³-hybridized carbons (Fsp3) is 0.0588. The number of pyridine rings is 1. The van der Waals surface area contributed by atoms with E-state index in [0.29, 0.717) is 0 Å². The molecule has 1 aromatic carbocycles. The number of aromatic amines is 1. The molecule has 0 spiro atoms. The third-order valence-corrected chi connectivity index (χ3v) is 4.87. The number of rotatable bonds is 4. The maximum absolute atomic E-state index is 13.9. The van der Waals surface area contributed by atoms with Crippen LogP contribution in [0.2, 0.25) is 0 Å². The van der Waals surface area contributed by atoms with Gasteiger partial charge in [0.05, 0.1) is 11.9 Å². The second-order valence-corrected chi connectivity index (χ2v) is 6.63. The van der Waals surface area contributed by atoms with Gasteiger partial charge in [-0.25, -0.2) is 13.2 Å². The third-order valence-electron chi connectivity index (χ3n) is 3.89. The first-order valence-electron chi connectivity index (χ1n) is 7.86. The van der Waals surface area contributed by atoms with Gasteiger partial charge in [-0.1, -0.05) is 17.8 Å². The van der Waals surface area contributed by atoms with Crippen molar-refractivity contribution in [3.05, 3.63) is 86.4 Å². The van der Waals surface area contributed by atoms with Crippen LogP contribution >= 0.6 is 11.8 Å². The Labute approximate surface area is 158 Å². The lowest BCUT2D eigenvalue weighted by atomic mass is 10.2. The van der Waals surface area contributed by atoms with Crippen molar-refractivity contribution in [2.45, 2.75) is 10.9 Å². The molecular formula is C17H10F3N5O2S. The Kier molecular flexibility index (Phi) is 4.51. The first-order chi connectivity index (χ1) is 13.4. The van der Waals surface area contributed by atoms with Crippen molar-refractivity contribution in [1.82, 2.24) is 24.4 Å². The summed E-state index contributed by atoms with van der Waals surface area (Å²) in [7, 11) is 0. The first-order valence-corrected chi connectivity index (χ1v) is 8.85. The number of halogens is 3. The summed E-state index contributed by atoms with van der Waals surface area (Å²) in [6.45, 7) is 0. The molecule has 28 heavy (non-hydrogen) atoms. The number of nitrogens with zero attached hydrogens (tertiary/aromatic N) is 4. The van der Waals surface area contributed by atoms with Crippen molar-refractivity contribution < 1.29 is 13.2 Å². The highest BCUT2D eigenvalue weighted by Gasteiger charge is 2.16. The van der Waals surface area contributed by atoms with E-state index in [0.717, 1.165) is 39.2 Å². The molecule has 0 radical (unpaired) electrons. The van der Waals surface area contributed by atoms with Crippen LogP contribution in [0, 0.1) is 17.5 Å². The van der Waals surface area contributed by atoms with Gasteiger partial charge in [-0.15, -0.1) is 9.73 Å². The van der Waals surface area contributed by atoms with Gasteiger partial charge in [0.25, 0.3) is 11.1 Å². The Morgan fingerprint density at radius 1 is 1.07 bits per heavy atom. The van der Waals surface area contributed by atoms with Crippen LogP contribution in [0.5, 0.6) is 0 Å². The van der Waals surface area contributed by atoms with Gasteiger partial charge in [0.1, 0.15) is 11.6 Å². The molecule has 0 aliphatic rings. The number of hydrogen-bond donors (Lipinski definition) is 1. The van der Waals surface area contributed by atoms with E-state index in [1.165, 1.54) is 24.5 Å². The van der Waals surface area contributed by atoms with E-state index < -0.39 is 28.6 Å². The van der Waals surface area contributed by atoms with Crippen molar-refractivity contribution in [3.8, 4) is 5.69 Å². The molecule has 1 N–H and O–H groups in total. The minimum Gasteiger partial charge on any atom is -0.324 e. The molecule has 0 amide bonds. The van der Waals surface area contributed by atoms with Crippen LogP contribution in [0.25, 0.3) is 11.2 Å². The summed E-state index contributed by atoms with van der Waals surface area (Å²) in [6, 6.07) is 5.49. The standard InChI is InChI=1S/C17H10F3N5O2S/c18-10-2-1-9(12(19)5-10)8-28-17-23-25-14(3-4-22-25)16(27)24(17)11-6-13(20)15(26)21-7-11/h1-7H,8H2,(H,21,26). The zero-order chi connectivity index (χ0) is 19.8. The van der Waals surface area contributed by atoms with Crippen molar-refractivity contribution in [1.29, 1.82) is 0 Å². The van der Waals surface area contributed by atoms with Crippen LogP contribution < -0.4 is 11.1 Å². The second-order valence-electron chi connectivity index (χ2n) is 5.69. The normalized spacial score (nSPS) is 11.2. The monoisotopic (exact) mass is 405 g/mol. The zero-order valence-electron chi connectivity index (χ0n) is 13.9. The number of thioether (sulfide) groups is 1. The molecule has 3 heterocycles. The van der Waals surface area contributed by atoms with Gasteiger partial charge in [0, 0.05) is 24.1 Å². The average Bonchev–Trinajstić information content (AvgIpc) is 3.12. The molecule has 7 nitrogen and oxygen atoms in total. The van der Waals surface area contributed by atoms with E-state index in [1.807, 2.05) is 0 Å². The highest BCUT2D eigenvalue weighted by Crippen LogP contribution is 2.24. The topological polar surface area (TPSA) is 85.1 Å². The van der Waals surface area contributed by atoms with Crippen LogP contribution in [0.1, 0.15) is 5.56 Å².